The van der Waals surface area contributed by atoms with Gasteiger partial charge in [-0.05, 0) is 39.2 Å². The lowest BCUT2D eigenvalue weighted by atomic mass is 9.99. The first-order valence-electron chi connectivity index (χ1n) is 8.19. The van der Waals surface area contributed by atoms with Crippen LogP contribution in [0, 0.1) is 12.8 Å². The summed E-state index contributed by atoms with van der Waals surface area (Å²) in [5.41, 5.74) is 0.884. The molecule has 3 heterocycles. The van der Waals surface area contributed by atoms with Crippen molar-refractivity contribution >= 4 is 16.9 Å². The van der Waals surface area contributed by atoms with Crippen LogP contribution in [-0.2, 0) is 7.05 Å². The normalized spacial score (nSPS) is 21.2. The standard InChI is InChI=1S/C16H26N6/c1-11-6-5-7-22(10-11)12(2)8-17-15-14-9-18-21(4)16(14)20-13(3)19-15/h9,11-12H,5-8,10H2,1-4H3,(H,17,19,20)/t11-,12+/m0/s1. The molecule has 0 radical (unpaired) electrons. The van der Waals surface area contributed by atoms with Crippen LogP contribution in [0.5, 0.6) is 0 Å². The summed E-state index contributed by atoms with van der Waals surface area (Å²) in [6.07, 6.45) is 4.51. The van der Waals surface area contributed by atoms with Crippen LogP contribution >= 0.6 is 0 Å². The van der Waals surface area contributed by atoms with E-state index in [1.54, 1.807) is 4.68 Å². The molecule has 1 aliphatic rings. The second-order valence-electron chi connectivity index (χ2n) is 6.60. The van der Waals surface area contributed by atoms with Crippen LogP contribution in [-0.4, -0.2) is 50.3 Å². The summed E-state index contributed by atoms with van der Waals surface area (Å²) in [6, 6.07) is 0.504. The van der Waals surface area contributed by atoms with Gasteiger partial charge in [-0.1, -0.05) is 6.92 Å². The van der Waals surface area contributed by atoms with Gasteiger partial charge in [-0.3, -0.25) is 9.58 Å². The van der Waals surface area contributed by atoms with Gasteiger partial charge in [0.25, 0.3) is 0 Å². The van der Waals surface area contributed by atoms with Crippen LogP contribution in [0.3, 0.4) is 0 Å². The van der Waals surface area contributed by atoms with Crippen molar-refractivity contribution in [1.82, 2.24) is 24.6 Å². The molecule has 0 aliphatic carbocycles. The van der Waals surface area contributed by atoms with Gasteiger partial charge in [0, 0.05) is 26.2 Å². The number of aryl methyl sites for hydroxylation is 2. The van der Waals surface area contributed by atoms with Crippen molar-refractivity contribution in [3.8, 4) is 0 Å². The fourth-order valence-corrected chi connectivity index (χ4v) is 3.27. The predicted octanol–water partition coefficient (Wildman–Crippen LogP) is 2.20. The van der Waals surface area contributed by atoms with E-state index in [1.165, 1.54) is 25.9 Å². The topological polar surface area (TPSA) is 58.9 Å². The molecule has 0 amide bonds. The number of hydrogen-bond donors (Lipinski definition) is 1. The minimum Gasteiger partial charge on any atom is -0.368 e. The van der Waals surface area contributed by atoms with Gasteiger partial charge in [0.05, 0.1) is 11.6 Å². The molecule has 0 unspecified atom stereocenters. The van der Waals surface area contributed by atoms with Crippen LogP contribution in [0.2, 0.25) is 0 Å². The first kappa shape index (κ1) is 15.2. The Bertz CT molecular complexity index is 649. The highest BCUT2D eigenvalue weighted by Crippen LogP contribution is 2.21. The maximum absolute atomic E-state index is 4.55. The van der Waals surface area contributed by atoms with Gasteiger partial charge in [0.2, 0.25) is 0 Å². The third-order valence-corrected chi connectivity index (χ3v) is 4.58. The molecule has 1 saturated heterocycles. The van der Waals surface area contributed by atoms with Crippen LogP contribution in [0.15, 0.2) is 6.20 Å². The number of likely N-dealkylation sites (tertiary alicyclic amines) is 1. The molecule has 2 aromatic rings. The van der Waals surface area contributed by atoms with Crippen molar-refractivity contribution < 1.29 is 0 Å². The van der Waals surface area contributed by atoms with Gasteiger partial charge in [-0.2, -0.15) is 5.10 Å². The van der Waals surface area contributed by atoms with Crippen molar-refractivity contribution in [2.75, 3.05) is 25.0 Å². The summed E-state index contributed by atoms with van der Waals surface area (Å²) < 4.78 is 1.80. The van der Waals surface area contributed by atoms with Crippen molar-refractivity contribution in [2.45, 2.75) is 39.7 Å². The van der Waals surface area contributed by atoms with E-state index in [2.05, 4.69) is 39.1 Å². The fraction of sp³-hybridized carbons (Fsp3) is 0.688. The number of rotatable bonds is 4. The van der Waals surface area contributed by atoms with E-state index in [4.69, 9.17) is 0 Å². The Morgan fingerprint density at radius 2 is 2.23 bits per heavy atom. The molecule has 0 saturated carbocycles. The zero-order valence-electron chi connectivity index (χ0n) is 14.0. The second-order valence-corrected chi connectivity index (χ2v) is 6.60. The van der Waals surface area contributed by atoms with E-state index in [-0.39, 0.29) is 0 Å². The average molecular weight is 302 g/mol. The predicted molar refractivity (Wildman–Crippen MR) is 89.0 cm³/mol. The maximum Gasteiger partial charge on any atom is 0.163 e. The molecule has 3 rings (SSSR count). The molecule has 120 valence electrons. The van der Waals surface area contributed by atoms with E-state index in [0.717, 1.165) is 35.1 Å². The van der Waals surface area contributed by atoms with Crippen LogP contribution in [0.4, 0.5) is 5.82 Å². The molecular formula is C16H26N6. The van der Waals surface area contributed by atoms with Gasteiger partial charge in [-0.15, -0.1) is 0 Å². The number of anilines is 1. The Morgan fingerprint density at radius 3 is 3.00 bits per heavy atom. The number of nitrogens with one attached hydrogen (secondary N) is 1. The summed E-state index contributed by atoms with van der Waals surface area (Å²) in [4.78, 5) is 11.6. The first-order chi connectivity index (χ1) is 10.5. The minimum absolute atomic E-state index is 0.504. The molecular weight excluding hydrogens is 276 g/mol. The molecule has 0 aromatic carbocycles. The highest BCUT2D eigenvalue weighted by Gasteiger charge is 2.21. The molecule has 1 fully saturated rings. The van der Waals surface area contributed by atoms with E-state index in [9.17, 15) is 0 Å². The largest absolute Gasteiger partial charge is 0.368 e. The lowest BCUT2D eigenvalue weighted by molar-refractivity contribution is 0.144. The lowest BCUT2D eigenvalue weighted by Crippen LogP contribution is -2.43. The van der Waals surface area contributed by atoms with E-state index >= 15 is 0 Å². The van der Waals surface area contributed by atoms with Crippen molar-refractivity contribution in [1.29, 1.82) is 0 Å². The van der Waals surface area contributed by atoms with Gasteiger partial charge in [0.15, 0.2) is 5.65 Å². The zero-order chi connectivity index (χ0) is 15.7. The number of nitrogens with zero attached hydrogens (tertiary/aromatic N) is 5. The molecule has 22 heavy (non-hydrogen) atoms. The summed E-state index contributed by atoms with van der Waals surface area (Å²) in [5, 5.41) is 8.79. The first-order valence-corrected chi connectivity index (χ1v) is 8.19. The monoisotopic (exact) mass is 302 g/mol. The van der Waals surface area contributed by atoms with Crippen LogP contribution in [0.25, 0.3) is 11.0 Å². The van der Waals surface area contributed by atoms with Gasteiger partial charge in [0.1, 0.15) is 11.6 Å². The lowest BCUT2D eigenvalue weighted by Gasteiger charge is -2.35. The third-order valence-electron chi connectivity index (χ3n) is 4.58. The fourth-order valence-electron chi connectivity index (χ4n) is 3.27. The Balaban J connectivity index is 1.71. The molecule has 1 N–H and O–H groups in total. The number of fused-ring (bicyclic) bond motifs is 1. The Morgan fingerprint density at radius 1 is 1.41 bits per heavy atom. The average Bonchev–Trinajstić information content (AvgIpc) is 2.86. The minimum atomic E-state index is 0.504. The Hall–Kier alpha value is -1.69. The summed E-state index contributed by atoms with van der Waals surface area (Å²) in [7, 11) is 1.91. The second kappa shape index (κ2) is 6.20. The summed E-state index contributed by atoms with van der Waals surface area (Å²) >= 11 is 0. The van der Waals surface area contributed by atoms with E-state index < -0.39 is 0 Å². The highest BCUT2D eigenvalue weighted by atomic mass is 15.3. The van der Waals surface area contributed by atoms with E-state index in [0.29, 0.717) is 6.04 Å². The summed E-state index contributed by atoms with van der Waals surface area (Å²) in [5.74, 6) is 2.48. The van der Waals surface area contributed by atoms with Crippen LogP contribution < -0.4 is 5.32 Å². The Kier molecular flexibility index (Phi) is 4.29. The molecule has 0 spiro atoms. The molecule has 6 heteroatoms. The number of aromatic nitrogens is 4. The molecule has 0 bridgehead atoms. The maximum atomic E-state index is 4.55. The molecule has 2 aromatic heterocycles. The smallest absolute Gasteiger partial charge is 0.163 e. The number of hydrogen-bond acceptors (Lipinski definition) is 5. The highest BCUT2D eigenvalue weighted by molar-refractivity contribution is 5.86. The van der Waals surface area contributed by atoms with Crippen molar-refractivity contribution in [3.05, 3.63) is 12.0 Å². The Labute approximate surface area is 131 Å². The zero-order valence-corrected chi connectivity index (χ0v) is 14.0. The third kappa shape index (κ3) is 3.06. The summed E-state index contributed by atoms with van der Waals surface area (Å²) in [6.45, 7) is 9.87. The van der Waals surface area contributed by atoms with E-state index in [1.807, 2.05) is 20.2 Å². The molecule has 2 atom stereocenters. The van der Waals surface area contributed by atoms with Crippen molar-refractivity contribution in [3.63, 3.8) is 0 Å². The molecule has 1 aliphatic heterocycles. The van der Waals surface area contributed by atoms with Gasteiger partial charge >= 0.3 is 0 Å². The van der Waals surface area contributed by atoms with Gasteiger partial charge < -0.3 is 5.32 Å². The number of piperidine rings is 1. The van der Waals surface area contributed by atoms with Gasteiger partial charge in [-0.25, -0.2) is 9.97 Å². The quantitative estimate of drug-likeness (QED) is 0.938. The van der Waals surface area contributed by atoms with Crippen molar-refractivity contribution in [2.24, 2.45) is 13.0 Å². The molecule has 6 nitrogen and oxygen atoms in total. The van der Waals surface area contributed by atoms with Crippen LogP contribution in [0.1, 0.15) is 32.5 Å². The SMILES string of the molecule is Cc1nc(NC[C@@H](C)N2CCC[C@H](C)C2)c2cnn(C)c2n1.